The smallest absolute Gasteiger partial charge is 0.233 e. The number of anilines is 1. The molecule has 0 aliphatic carbocycles. The van der Waals surface area contributed by atoms with Crippen LogP contribution in [-0.4, -0.2) is 22.8 Å². The van der Waals surface area contributed by atoms with Crippen molar-refractivity contribution in [3.05, 3.63) is 96.6 Å². The Kier molecular flexibility index (Phi) is 6.13. The zero-order chi connectivity index (χ0) is 21.6. The molecule has 156 valence electrons. The van der Waals surface area contributed by atoms with Crippen molar-refractivity contribution in [2.24, 2.45) is 0 Å². The van der Waals surface area contributed by atoms with E-state index in [4.69, 9.17) is 9.84 Å². The van der Waals surface area contributed by atoms with Crippen LogP contribution in [0.15, 0.2) is 91.0 Å². The normalized spacial score (nSPS) is 11.7. The molecule has 0 spiro atoms. The predicted octanol–water partition coefficient (Wildman–Crippen LogP) is 5.68. The van der Waals surface area contributed by atoms with Gasteiger partial charge in [0.2, 0.25) is 5.91 Å². The summed E-state index contributed by atoms with van der Waals surface area (Å²) in [5, 5.41) is 7.89. The number of ether oxygens (including phenoxy) is 1. The molecule has 1 N–H and O–H groups in total. The molecule has 5 nitrogen and oxygen atoms in total. The maximum Gasteiger partial charge on any atom is 0.233 e. The minimum Gasteiger partial charge on any atom is -0.497 e. The molecule has 3 aromatic carbocycles. The maximum absolute atomic E-state index is 13.2. The van der Waals surface area contributed by atoms with Gasteiger partial charge in [-0.3, -0.25) is 4.79 Å². The lowest BCUT2D eigenvalue weighted by atomic mass is 9.96. The van der Waals surface area contributed by atoms with E-state index in [0.29, 0.717) is 12.2 Å². The monoisotopic (exact) mass is 411 g/mol. The van der Waals surface area contributed by atoms with Gasteiger partial charge in [-0.1, -0.05) is 67.6 Å². The number of hydrogen-bond acceptors (Lipinski definition) is 3. The fourth-order valence-electron chi connectivity index (χ4n) is 3.61. The molecule has 1 amide bonds. The molecule has 4 aromatic rings. The molecule has 31 heavy (non-hydrogen) atoms. The molecule has 4 rings (SSSR count). The summed E-state index contributed by atoms with van der Waals surface area (Å²) >= 11 is 0. The van der Waals surface area contributed by atoms with Gasteiger partial charge in [-0.05, 0) is 36.2 Å². The zero-order valence-corrected chi connectivity index (χ0v) is 17.7. The third-order valence-electron chi connectivity index (χ3n) is 5.27. The number of nitrogens with one attached hydrogen (secondary N) is 1. The number of carbonyl (C=O) groups is 1. The number of amides is 1. The van der Waals surface area contributed by atoms with Crippen molar-refractivity contribution in [3.8, 4) is 22.7 Å². The van der Waals surface area contributed by atoms with Crippen molar-refractivity contribution in [2.45, 2.75) is 19.3 Å². The van der Waals surface area contributed by atoms with Crippen LogP contribution in [0.5, 0.6) is 5.75 Å². The first-order valence-electron chi connectivity index (χ1n) is 10.4. The van der Waals surface area contributed by atoms with Crippen LogP contribution in [0, 0.1) is 0 Å². The SMILES string of the molecule is CC[C@@H](C(=O)Nc1cc(-c2ccccc2)nn1-c1ccc(OC)cc1)c1ccccc1. The van der Waals surface area contributed by atoms with Crippen LogP contribution in [0.2, 0.25) is 0 Å². The van der Waals surface area contributed by atoms with E-state index in [2.05, 4.69) is 5.32 Å². The first-order chi connectivity index (χ1) is 15.2. The van der Waals surface area contributed by atoms with Crippen molar-refractivity contribution in [1.29, 1.82) is 0 Å². The van der Waals surface area contributed by atoms with Crippen LogP contribution < -0.4 is 10.1 Å². The Hall–Kier alpha value is -3.86. The van der Waals surface area contributed by atoms with Crippen molar-refractivity contribution in [3.63, 3.8) is 0 Å². The van der Waals surface area contributed by atoms with Gasteiger partial charge in [0.25, 0.3) is 0 Å². The minimum absolute atomic E-state index is 0.0528. The highest BCUT2D eigenvalue weighted by Crippen LogP contribution is 2.28. The van der Waals surface area contributed by atoms with Gasteiger partial charge in [0.05, 0.1) is 24.4 Å². The number of methoxy groups -OCH3 is 1. The molecule has 0 saturated heterocycles. The summed E-state index contributed by atoms with van der Waals surface area (Å²) in [7, 11) is 1.64. The van der Waals surface area contributed by atoms with E-state index < -0.39 is 0 Å². The highest BCUT2D eigenvalue weighted by atomic mass is 16.5. The van der Waals surface area contributed by atoms with Gasteiger partial charge < -0.3 is 10.1 Å². The van der Waals surface area contributed by atoms with Gasteiger partial charge >= 0.3 is 0 Å². The molecule has 0 bridgehead atoms. The highest BCUT2D eigenvalue weighted by molar-refractivity contribution is 5.95. The van der Waals surface area contributed by atoms with Gasteiger partial charge in [-0.2, -0.15) is 5.10 Å². The molecule has 0 fully saturated rings. The lowest BCUT2D eigenvalue weighted by Gasteiger charge is -2.16. The quantitative estimate of drug-likeness (QED) is 0.426. The average molecular weight is 412 g/mol. The Morgan fingerprint density at radius 3 is 2.23 bits per heavy atom. The summed E-state index contributed by atoms with van der Waals surface area (Å²) in [6, 6.07) is 29.3. The van der Waals surface area contributed by atoms with E-state index in [1.54, 1.807) is 11.8 Å². The number of rotatable bonds is 7. The largest absolute Gasteiger partial charge is 0.497 e. The predicted molar refractivity (Wildman–Crippen MR) is 124 cm³/mol. The van der Waals surface area contributed by atoms with Gasteiger partial charge in [-0.15, -0.1) is 0 Å². The summed E-state index contributed by atoms with van der Waals surface area (Å²) in [4.78, 5) is 13.2. The maximum atomic E-state index is 13.2. The summed E-state index contributed by atoms with van der Waals surface area (Å²) in [6.45, 7) is 2.02. The zero-order valence-electron chi connectivity index (χ0n) is 17.7. The molecule has 0 unspecified atom stereocenters. The third-order valence-corrected chi connectivity index (χ3v) is 5.27. The van der Waals surface area contributed by atoms with Gasteiger partial charge in [0.15, 0.2) is 0 Å². The van der Waals surface area contributed by atoms with E-state index >= 15 is 0 Å². The van der Waals surface area contributed by atoms with Crippen molar-refractivity contribution < 1.29 is 9.53 Å². The first-order valence-corrected chi connectivity index (χ1v) is 10.4. The van der Waals surface area contributed by atoms with Crippen LogP contribution in [-0.2, 0) is 4.79 Å². The second-order valence-corrected chi connectivity index (χ2v) is 7.25. The Labute approximate surface area is 182 Å². The Balaban J connectivity index is 1.71. The number of benzene rings is 3. The average Bonchev–Trinajstić information content (AvgIpc) is 3.24. The molecule has 0 aliphatic heterocycles. The molecule has 0 saturated carbocycles. The van der Waals surface area contributed by atoms with E-state index in [9.17, 15) is 4.79 Å². The molecule has 1 heterocycles. The Morgan fingerprint density at radius 2 is 1.61 bits per heavy atom. The lowest BCUT2D eigenvalue weighted by Crippen LogP contribution is -2.22. The van der Waals surface area contributed by atoms with E-state index in [1.807, 2.05) is 97.9 Å². The van der Waals surface area contributed by atoms with Gasteiger partial charge in [-0.25, -0.2) is 4.68 Å². The molecular weight excluding hydrogens is 386 g/mol. The first kappa shape index (κ1) is 20.4. The number of carbonyl (C=O) groups excluding carboxylic acids is 1. The topological polar surface area (TPSA) is 56.2 Å². The van der Waals surface area contributed by atoms with Gasteiger partial charge in [0, 0.05) is 11.6 Å². The van der Waals surface area contributed by atoms with Crippen LogP contribution in [0.3, 0.4) is 0 Å². The van der Waals surface area contributed by atoms with Crippen molar-refractivity contribution in [2.75, 3.05) is 12.4 Å². The van der Waals surface area contributed by atoms with Crippen LogP contribution in [0.4, 0.5) is 5.82 Å². The number of nitrogens with zero attached hydrogens (tertiary/aromatic N) is 2. The summed E-state index contributed by atoms with van der Waals surface area (Å²) in [6.07, 6.45) is 0.706. The number of aromatic nitrogens is 2. The number of hydrogen-bond donors (Lipinski definition) is 1. The van der Waals surface area contributed by atoms with Gasteiger partial charge in [0.1, 0.15) is 11.6 Å². The van der Waals surface area contributed by atoms with Crippen molar-refractivity contribution in [1.82, 2.24) is 9.78 Å². The van der Waals surface area contributed by atoms with E-state index in [-0.39, 0.29) is 11.8 Å². The summed E-state index contributed by atoms with van der Waals surface area (Å²) in [5.74, 6) is 1.10. The minimum atomic E-state index is -0.236. The highest BCUT2D eigenvalue weighted by Gasteiger charge is 2.21. The molecule has 1 atom stereocenters. The molecule has 1 aromatic heterocycles. The standard InChI is InChI=1S/C26H25N3O2/c1-3-23(19-10-6-4-7-11-19)26(30)27-25-18-24(20-12-8-5-9-13-20)28-29(25)21-14-16-22(31-2)17-15-21/h4-18,23H,3H2,1-2H3,(H,27,30)/t23-/m1/s1. The molecular formula is C26H25N3O2. The van der Waals surface area contributed by atoms with Crippen molar-refractivity contribution >= 4 is 11.7 Å². The molecule has 5 heteroatoms. The lowest BCUT2D eigenvalue weighted by molar-refractivity contribution is -0.117. The second-order valence-electron chi connectivity index (χ2n) is 7.25. The fraction of sp³-hybridized carbons (Fsp3) is 0.154. The Bertz CT molecular complexity index is 1140. The van der Waals surface area contributed by atoms with E-state index in [0.717, 1.165) is 28.3 Å². The van der Waals surface area contributed by atoms with Crippen LogP contribution >= 0.6 is 0 Å². The Morgan fingerprint density at radius 1 is 0.968 bits per heavy atom. The second kappa shape index (κ2) is 9.30. The molecule has 0 radical (unpaired) electrons. The molecule has 0 aliphatic rings. The van der Waals surface area contributed by atoms with Crippen LogP contribution in [0.25, 0.3) is 16.9 Å². The fourth-order valence-corrected chi connectivity index (χ4v) is 3.61. The summed E-state index contributed by atoms with van der Waals surface area (Å²) < 4.78 is 7.03. The third kappa shape index (κ3) is 4.51. The van der Waals surface area contributed by atoms with E-state index in [1.165, 1.54) is 0 Å². The summed E-state index contributed by atoms with van der Waals surface area (Å²) in [5.41, 5.74) is 3.62. The van der Waals surface area contributed by atoms with Crippen LogP contribution in [0.1, 0.15) is 24.8 Å².